The zero-order valence-corrected chi connectivity index (χ0v) is 11.6. The summed E-state index contributed by atoms with van der Waals surface area (Å²) in [5.41, 5.74) is 0. The first-order chi connectivity index (χ1) is 9.22. The van der Waals surface area contributed by atoms with Crippen LogP contribution in [0, 0.1) is 0 Å². The summed E-state index contributed by atoms with van der Waals surface area (Å²) in [6.07, 6.45) is 4.09. The van der Waals surface area contributed by atoms with Gasteiger partial charge in [0.2, 0.25) is 5.91 Å². The Bertz CT molecular complexity index is 319. The summed E-state index contributed by atoms with van der Waals surface area (Å²) in [4.78, 5) is 27.3. The van der Waals surface area contributed by atoms with Crippen molar-refractivity contribution in [2.75, 3.05) is 39.8 Å². The van der Waals surface area contributed by atoms with Crippen LogP contribution >= 0.6 is 0 Å². The molecular formula is C13H23N3O3. The maximum absolute atomic E-state index is 12.4. The zero-order valence-electron chi connectivity index (χ0n) is 11.6. The molecule has 0 spiro atoms. The second-order valence-electron chi connectivity index (χ2n) is 5.14. The summed E-state index contributed by atoms with van der Waals surface area (Å²) >= 11 is 0. The third-order valence-corrected chi connectivity index (χ3v) is 3.88. The Morgan fingerprint density at radius 2 is 1.74 bits per heavy atom. The molecule has 0 saturated carbocycles. The maximum Gasteiger partial charge on any atom is 0.409 e. The van der Waals surface area contributed by atoms with Crippen molar-refractivity contribution in [1.82, 2.24) is 15.1 Å². The van der Waals surface area contributed by atoms with Crippen molar-refractivity contribution in [3.63, 3.8) is 0 Å². The van der Waals surface area contributed by atoms with Crippen molar-refractivity contribution in [2.45, 2.75) is 31.7 Å². The highest BCUT2D eigenvalue weighted by Gasteiger charge is 2.29. The average molecular weight is 269 g/mol. The molecule has 0 aromatic carbocycles. The van der Waals surface area contributed by atoms with Gasteiger partial charge in [0.25, 0.3) is 0 Å². The molecule has 108 valence electrons. The molecule has 2 fully saturated rings. The third kappa shape index (κ3) is 3.59. The fraction of sp³-hybridized carbons (Fsp3) is 0.846. The van der Waals surface area contributed by atoms with Gasteiger partial charge in [-0.15, -0.1) is 0 Å². The van der Waals surface area contributed by atoms with E-state index in [4.69, 9.17) is 0 Å². The fourth-order valence-electron chi connectivity index (χ4n) is 2.70. The lowest BCUT2D eigenvalue weighted by Gasteiger charge is -2.35. The van der Waals surface area contributed by atoms with Crippen LogP contribution in [-0.2, 0) is 9.53 Å². The van der Waals surface area contributed by atoms with Gasteiger partial charge in [0.1, 0.15) is 0 Å². The predicted molar refractivity (Wildman–Crippen MR) is 70.8 cm³/mol. The quantitative estimate of drug-likeness (QED) is 0.750. The van der Waals surface area contributed by atoms with E-state index in [1.54, 1.807) is 4.90 Å². The van der Waals surface area contributed by atoms with Gasteiger partial charge in [-0.25, -0.2) is 4.79 Å². The molecule has 0 bridgehead atoms. The van der Waals surface area contributed by atoms with Gasteiger partial charge < -0.3 is 19.9 Å². The lowest BCUT2D eigenvalue weighted by molar-refractivity contribution is -0.135. The van der Waals surface area contributed by atoms with E-state index in [2.05, 4.69) is 10.1 Å². The number of ether oxygens (including phenoxy) is 1. The van der Waals surface area contributed by atoms with Crippen molar-refractivity contribution in [3.05, 3.63) is 0 Å². The van der Waals surface area contributed by atoms with E-state index in [-0.39, 0.29) is 18.0 Å². The maximum atomic E-state index is 12.4. The van der Waals surface area contributed by atoms with Crippen LogP contribution in [0.25, 0.3) is 0 Å². The Hall–Kier alpha value is -1.30. The Labute approximate surface area is 114 Å². The Morgan fingerprint density at radius 1 is 1.05 bits per heavy atom. The SMILES string of the molecule is COC(=O)N1CCN(C(=O)C2CCCCCN2)CC1. The first kappa shape index (κ1) is 14.1. The van der Waals surface area contributed by atoms with Gasteiger partial charge in [-0.1, -0.05) is 12.8 Å². The standard InChI is InChI=1S/C13H23N3O3/c1-19-13(18)16-9-7-15(8-10-16)12(17)11-5-3-2-4-6-14-11/h11,14H,2-10H2,1H3. The monoisotopic (exact) mass is 269 g/mol. The van der Waals surface area contributed by atoms with Crippen LogP contribution in [0.4, 0.5) is 4.79 Å². The normalized spacial score (nSPS) is 24.8. The first-order valence-corrected chi connectivity index (χ1v) is 7.07. The van der Waals surface area contributed by atoms with E-state index >= 15 is 0 Å². The molecule has 0 aromatic heterocycles. The van der Waals surface area contributed by atoms with Gasteiger partial charge >= 0.3 is 6.09 Å². The second-order valence-corrected chi connectivity index (χ2v) is 5.14. The van der Waals surface area contributed by atoms with Gasteiger partial charge in [0.15, 0.2) is 0 Å². The molecule has 0 aromatic rings. The van der Waals surface area contributed by atoms with Crippen LogP contribution in [0.15, 0.2) is 0 Å². The van der Waals surface area contributed by atoms with Crippen molar-refractivity contribution in [1.29, 1.82) is 0 Å². The summed E-state index contributed by atoms with van der Waals surface area (Å²) in [6.45, 7) is 3.26. The average Bonchev–Trinajstić information content (AvgIpc) is 2.75. The number of hydrogen-bond donors (Lipinski definition) is 1. The summed E-state index contributed by atoms with van der Waals surface area (Å²) in [5.74, 6) is 0.186. The van der Waals surface area contributed by atoms with Crippen LogP contribution in [-0.4, -0.2) is 67.7 Å². The summed E-state index contributed by atoms with van der Waals surface area (Å²) < 4.78 is 4.69. The summed E-state index contributed by atoms with van der Waals surface area (Å²) in [5, 5.41) is 3.33. The molecule has 1 unspecified atom stereocenters. The van der Waals surface area contributed by atoms with Gasteiger partial charge in [0.05, 0.1) is 13.2 Å². The van der Waals surface area contributed by atoms with E-state index in [1.807, 2.05) is 4.90 Å². The van der Waals surface area contributed by atoms with Gasteiger partial charge in [-0.2, -0.15) is 0 Å². The molecule has 0 aliphatic carbocycles. The molecule has 2 heterocycles. The minimum atomic E-state index is -0.306. The molecule has 19 heavy (non-hydrogen) atoms. The highest BCUT2D eigenvalue weighted by molar-refractivity contribution is 5.82. The van der Waals surface area contributed by atoms with E-state index in [1.165, 1.54) is 13.5 Å². The minimum Gasteiger partial charge on any atom is -0.453 e. The van der Waals surface area contributed by atoms with E-state index < -0.39 is 0 Å². The van der Waals surface area contributed by atoms with Crippen LogP contribution in [0.1, 0.15) is 25.7 Å². The lowest BCUT2D eigenvalue weighted by atomic mass is 10.1. The van der Waals surface area contributed by atoms with Crippen molar-refractivity contribution in [3.8, 4) is 0 Å². The lowest BCUT2D eigenvalue weighted by Crippen LogP contribution is -2.55. The van der Waals surface area contributed by atoms with Gasteiger partial charge in [-0.3, -0.25) is 4.79 Å². The topological polar surface area (TPSA) is 61.9 Å². The molecule has 6 nitrogen and oxygen atoms in total. The van der Waals surface area contributed by atoms with E-state index in [0.29, 0.717) is 26.2 Å². The number of piperazine rings is 1. The Kier molecular flexibility index (Phi) is 5.01. The largest absolute Gasteiger partial charge is 0.453 e. The van der Waals surface area contributed by atoms with Crippen LogP contribution in [0.3, 0.4) is 0 Å². The number of nitrogens with one attached hydrogen (secondary N) is 1. The number of nitrogens with zero attached hydrogens (tertiary/aromatic N) is 2. The molecule has 0 radical (unpaired) electrons. The van der Waals surface area contributed by atoms with Crippen molar-refractivity contribution >= 4 is 12.0 Å². The second kappa shape index (κ2) is 6.75. The van der Waals surface area contributed by atoms with Crippen LogP contribution in [0.5, 0.6) is 0 Å². The Balaban J connectivity index is 1.83. The fourth-order valence-corrected chi connectivity index (χ4v) is 2.70. The number of amides is 2. The highest BCUT2D eigenvalue weighted by Crippen LogP contribution is 2.12. The Morgan fingerprint density at radius 3 is 2.42 bits per heavy atom. The number of hydrogen-bond acceptors (Lipinski definition) is 4. The molecule has 2 saturated heterocycles. The predicted octanol–water partition coefficient (Wildman–Crippen LogP) is 0.429. The smallest absolute Gasteiger partial charge is 0.409 e. The van der Waals surface area contributed by atoms with Crippen molar-refractivity contribution < 1.29 is 14.3 Å². The molecular weight excluding hydrogens is 246 g/mol. The number of carbonyl (C=O) groups is 2. The highest BCUT2D eigenvalue weighted by atomic mass is 16.5. The summed E-state index contributed by atoms with van der Waals surface area (Å²) in [6, 6.07) is -0.0350. The molecule has 2 rings (SSSR count). The zero-order chi connectivity index (χ0) is 13.7. The third-order valence-electron chi connectivity index (χ3n) is 3.88. The molecule has 1 atom stereocenters. The number of rotatable bonds is 1. The molecule has 1 N–H and O–H groups in total. The van der Waals surface area contributed by atoms with Gasteiger partial charge in [0, 0.05) is 26.2 Å². The summed E-state index contributed by atoms with van der Waals surface area (Å²) in [7, 11) is 1.38. The van der Waals surface area contributed by atoms with Crippen molar-refractivity contribution in [2.24, 2.45) is 0 Å². The molecule has 2 aliphatic heterocycles. The first-order valence-electron chi connectivity index (χ1n) is 7.07. The number of carbonyl (C=O) groups excluding carboxylic acids is 2. The van der Waals surface area contributed by atoms with E-state index in [0.717, 1.165) is 25.8 Å². The van der Waals surface area contributed by atoms with Gasteiger partial charge in [-0.05, 0) is 19.4 Å². The molecule has 2 amide bonds. The van der Waals surface area contributed by atoms with Crippen LogP contribution in [0.2, 0.25) is 0 Å². The minimum absolute atomic E-state index is 0.0350. The van der Waals surface area contributed by atoms with Crippen LogP contribution < -0.4 is 5.32 Å². The molecule has 6 heteroatoms. The van der Waals surface area contributed by atoms with E-state index in [9.17, 15) is 9.59 Å². The molecule has 2 aliphatic rings. The number of methoxy groups -OCH3 is 1.